The first-order valence-corrected chi connectivity index (χ1v) is 9.21. The molecule has 10 heteroatoms. The summed E-state index contributed by atoms with van der Waals surface area (Å²) in [6.45, 7) is 3.60. The molecule has 0 unspecified atom stereocenters. The highest BCUT2D eigenvalue weighted by Crippen LogP contribution is 2.33. The van der Waals surface area contributed by atoms with E-state index < -0.39 is 27.0 Å². The fraction of sp³-hybridized carbons (Fsp3) is 0.286. The van der Waals surface area contributed by atoms with Crippen molar-refractivity contribution in [3.63, 3.8) is 0 Å². The molecule has 130 valence electrons. The maximum Gasteiger partial charge on any atom is 0.339 e. The summed E-state index contributed by atoms with van der Waals surface area (Å²) >= 11 is 1.15. The number of carboxylic acid groups (broad SMARTS) is 1. The number of sulfonamides is 1. The van der Waals surface area contributed by atoms with E-state index in [-0.39, 0.29) is 16.3 Å². The summed E-state index contributed by atoms with van der Waals surface area (Å²) < 4.78 is 30.3. The molecule has 0 aliphatic heterocycles. The highest BCUT2D eigenvalue weighted by atomic mass is 32.2. The van der Waals surface area contributed by atoms with Crippen molar-refractivity contribution in [1.82, 2.24) is 4.72 Å². The van der Waals surface area contributed by atoms with Crippen LogP contribution in [0.1, 0.15) is 38.3 Å². The van der Waals surface area contributed by atoms with Crippen molar-refractivity contribution in [3.05, 3.63) is 33.9 Å². The van der Waals surface area contributed by atoms with Crippen molar-refractivity contribution in [2.45, 2.75) is 25.4 Å². The second-order valence-electron chi connectivity index (χ2n) is 4.78. The third-order valence-electron chi connectivity index (χ3n) is 3.34. The first kappa shape index (κ1) is 18.2. The third-order valence-corrected chi connectivity index (χ3v) is 5.69. The van der Waals surface area contributed by atoms with Gasteiger partial charge in [-0.3, -0.25) is 4.79 Å². The maximum absolute atomic E-state index is 12.2. The van der Waals surface area contributed by atoms with Gasteiger partial charge in [0.2, 0.25) is 5.09 Å². The topological polar surface area (TPSA) is 126 Å². The number of thiophene rings is 1. The van der Waals surface area contributed by atoms with Gasteiger partial charge in [-0.2, -0.15) is 0 Å². The number of carboxylic acids is 1. The van der Waals surface area contributed by atoms with Crippen molar-refractivity contribution in [1.29, 1.82) is 0 Å². The Morgan fingerprint density at radius 3 is 2.54 bits per heavy atom. The van der Waals surface area contributed by atoms with Gasteiger partial charge in [0.1, 0.15) is 5.00 Å². The van der Waals surface area contributed by atoms with Crippen molar-refractivity contribution < 1.29 is 27.5 Å². The number of hydrogen-bond donors (Lipinski definition) is 3. The summed E-state index contributed by atoms with van der Waals surface area (Å²) in [5.41, 5.74) is 0.698. The van der Waals surface area contributed by atoms with E-state index in [2.05, 4.69) is 10.0 Å². The van der Waals surface area contributed by atoms with E-state index in [1.807, 2.05) is 6.92 Å². The zero-order valence-corrected chi connectivity index (χ0v) is 14.8. The Morgan fingerprint density at radius 2 is 2.00 bits per heavy atom. The number of nitrogens with one attached hydrogen (secondary N) is 2. The molecule has 2 heterocycles. The molecule has 2 aromatic rings. The SMILES string of the molecule is CCc1c(C)sc(NC(=O)c2ccc(S(=O)(=O)NC)o2)c1C(=O)O. The standard InChI is InChI=1S/C14H16N2O6S2/c1-4-8-7(2)23-13(11(8)14(18)19)16-12(17)9-5-6-10(22-9)24(20,21)15-3/h5-6,15H,4H2,1-3H3,(H,16,17)(H,18,19). The second-order valence-corrected chi connectivity index (χ2v) is 7.82. The molecule has 2 rings (SSSR count). The predicted octanol–water partition coefficient (Wildman–Crippen LogP) is 2.07. The molecule has 3 N–H and O–H groups in total. The van der Waals surface area contributed by atoms with Gasteiger partial charge in [0.15, 0.2) is 5.76 Å². The van der Waals surface area contributed by atoms with E-state index in [9.17, 15) is 23.1 Å². The van der Waals surface area contributed by atoms with Crippen LogP contribution in [0.5, 0.6) is 0 Å². The van der Waals surface area contributed by atoms with Crippen LogP contribution in [-0.2, 0) is 16.4 Å². The lowest BCUT2D eigenvalue weighted by atomic mass is 10.1. The van der Waals surface area contributed by atoms with Crippen LogP contribution in [0.3, 0.4) is 0 Å². The first-order valence-electron chi connectivity index (χ1n) is 6.91. The van der Waals surface area contributed by atoms with Gasteiger partial charge >= 0.3 is 5.97 Å². The van der Waals surface area contributed by atoms with Crippen LogP contribution in [0.25, 0.3) is 0 Å². The molecular formula is C14H16N2O6S2. The highest BCUT2D eigenvalue weighted by molar-refractivity contribution is 7.89. The summed E-state index contributed by atoms with van der Waals surface area (Å²) in [6, 6.07) is 2.36. The number of amides is 1. The zero-order valence-electron chi connectivity index (χ0n) is 13.2. The Hall–Kier alpha value is -2.17. The predicted molar refractivity (Wildman–Crippen MR) is 88.3 cm³/mol. The molecule has 0 aliphatic carbocycles. The Morgan fingerprint density at radius 1 is 1.33 bits per heavy atom. The lowest BCUT2D eigenvalue weighted by Gasteiger charge is -2.03. The Bertz CT molecular complexity index is 895. The summed E-state index contributed by atoms with van der Waals surface area (Å²) in [5, 5.41) is 11.6. The number of furan rings is 1. The highest BCUT2D eigenvalue weighted by Gasteiger charge is 2.24. The molecule has 2 aromatic heterocycles. The summed E-state index contributed by atoms with van der Waals surface area (Å²) in [4.78, 5) is 24.5. The largest absolute Gasteiger partial charge is 0.478 e. The molecule has 1 amide bonds. The Labute approximate surface area is 142 Å². The fourth-order valence-corrected chi connectivity index (χ4v) is 3.95. The minimum Gasteiger partial charge on any atom is -0.478 e. The lowest BCUT2D eigenvalue weighted by Crippen LogP contribution is -2.18. The maximum atomic E-state index is 12.2. The molecule has 24 heavy (non-hydrogen) atoms. The molecule has 0 radical (unpaired) electrons. The van der Waals surface area contributed by atoms with E-state index in [1.165, 1.54) is 13.1 Å². The monoisotopic (exact) mass is 372 g/mol. The van der Waals surface area contributed by atoms with Crippen molar-refractivity contribution >= 4 is 38.2 Å². The van der Waals surface area contributed by atoms with Gasteiger partial charge in [0, 0.05) is 4.88 Å². The average molecular weight is 372 g/mol. The van der Waals surface area contributed by atoms with Gasteiger partial charge in [-0.25, -0.2) is 17.9 Å². The van der Waals surface area contributed by atoms with E-state index >= 15 is 0 Å². The molecule has 0 aromatic carbocycles. The minimum absolute atomic E-state index is 0.0444. The summed E-state index contributed by atoms with van der Waals surface area (Å²) in [6.07, 6.45) is 0.519. The minimum atomic E-state index is -3.80. The average Bonchev–Trinajstić information content (AvgIpc) is 3.12. The third kappa shape index (κ3) is 3.35. The van der Waals surface area contributed by atoms with Crippen LogP contribution in [0, 0.1) is 6.92 Å². The normalized spacial score (nSPS) is 11.5. The number of rotatable bonds is 6. The van der Waals surface area contributed by atoms with Crippen LogP contribution < -0.4 is 10.0 Å². The van der Waals surface area contributed by atoms with Gasteiger partial charge in [0.25, 0.3) is 15.9 Å². The number of carbonyl (C=O) groups excluding carboxylic acids is 1. The van der Waals surface area contributed by atoms with Crippen molar-refractivity contribution in [3.8, 4) is 0 Å². The second kappa shape index (κ2) is 6.75. The van der Waals surface area contributed by atoms with Crippen LogP contribution >= 0.6 is 11.3 Å². The molecule has 0 atom stereocenters. The first-order chi connectivity index (χ1) is 11.2. The van der Waals surface area contributed by atoms with Crippen molar-refractivity contribution in [2.75, 3.05) is 12.4 Å². The summed E-state index contributed by atoms with van der Waals surface area (Å²) in [5.74, 6) is -2.09. The molecule has 0 saturated carbocycles. The van der Waals surface area contributed by atoms with Crippen molar-refractivity contribution in [2.24, 2.45) is 0 Å². The van der Waals surface area contributed by atoms with Gasteiger partial charge in [-0.1, -0.05) is 6.92 Å². The van der Waals surface area contributed by atoms with Crippen LogP contribution in [-0.4, -0.2) is 32.4 Å². The van der Waals surface area contributed by atoms with Crippen LogP contribution in [0.4, 0.5) is 5.00 Å². The van der Waals surface area contributed by atoms with E-state index in [4.69, 9.17) is 4.42 Å². The number of carbonyl (C=O) groups is 2. The van der Waals surface area contributed by atoms with Crippen LogP contribution in [0.2, 0.25) is 0 Å². The fourth-order valence-electron chi connectivity index (χ4n) is 2.17. The van der Waals surface area contributed by atoms with Gasteiger partial charge in [-0.15, -0.1) is 11.3 Å². The lowest BCUT2D eigenvalue weighted by molar-refractivity contribution is 0.0697. The molecule has 0 saturated heterocycles. The quantitative estimate of drug-likeness (QED) is 0.713. The molecule has 0 aliphatic rings. The van der Waals surface area contributed by atoms with Gasteiger partial charge in [0.05, 0.1) is 5.56 Å². The number of aromatic carboxylic acids is 1. The number of anilines is 1. The molecule has 0 fully saturated rings. The Kier molecular flexibility index (Phi) is 5.11. The number of hydrogen-bond acceptors (Lipinski definition) is 6. The van der Waals surface area contributed by atoms with Gasteiger partial charge in [-0.05, 0) is 38.1 Å². The van der Waals surface area contributed by atoms with E-state index in [1.54, 1.807) is 6.92 Å². The molecule has 0 spiro atoms. The smallest absolute Gasteiger partial charge is 0.339 e. The molecule has 0 bridgehead atoms. The molecule has 8 nitrogen and oxygen atoms in total. The van der Waals surface area contributed by atoms with Crippen LogP contribution in [0.15, 0.2) is 21.6 Å². The van der Waals surface area contributed by atoms with E-state index in [0.717, 1.165) is 22.3 Å². The number of aryl methyl sites for hydroxylation is 1. The van der Waals surface area contributed by atoms with E-state index in [0.29, 0.717) is 12.0 Å². The van der Waals surface area contributed by atoms with Gasteiger partial charge < -0.3 is 14.8 Å². The summed E-state index contributed by atoms with van der Waals surface area (Å²) in [7, 11) is -2.58. The zero-order chi connectivity index (χ0) is 18.1. The Balaban J connectivity index is 2.33. The molecular weight excluding hydrogens is 356 g/mol.